The molecule has 3 heterocycles. The Morgan fingerprint density at radius 3 is 2.40 bits per heavy atom. The predicted molar refractivity (Wildman–Crippen MR) is 165 cm³/mol. The van der Waals surface area contributed by atoms with Crippen LogP contribution in [0.5, 0.6) is 5.75 Å². The van der Waals surface area contributed by atoms with E-state index in [0.29, 0.717) is 28.8 Å². The first kappa shape index (κ1) is 28.9. The van der Waals surface area contributed by atoms with Gasteiger partial charge in [0, 0.05) is 26.6 Å². The number of amides is 2. The lowest BCUT2D eigenvalue weighted by Gasteiger charge is -2.43. The molecular weight excluding hydrogens is 645 g/mol. The number of carbonyl (C=O) groups excluding carboxylic acids is 2. The number of aromatic amines is 1. The van der Waals surface area contributed by atoms with Gasteiger partial charge >= 0.3 is 11.0 Å². The van der Waals surface area contributed by atoms with Crippen LogP contribution in [0.3, 0.4) is 0 Å². The van der Waals surface area contributed by atoms with E-state index >= 15 is 0 Å². The van der Waals surface area contributed by atoms with Crippen molar-refractivity contribution in [2.24, 2.45) is 29.6 Å². The Morgan fingerprint density at radius 2 is 1.64 bits per heavy atom. The number of nitrogens with zero attached hydrogens (tertiary/aromatic N) is 1. The lowest BCUT2D eigenvalue weighted by Crippen LogP contribution is -2.42. The fraction of sp³-hybridized carbons (Fsp3) is 0.303. The summed E-state index contributed by atoms with van der Waals surface area (Å²) in [5, 5.41) is 1.05. The van der Waals surface area contributed by atoms with E-state index in [4.69, 9.17) is 16.3 Å². The predicted octanol–water partition coefficient (Wildman–Crippen LogP) is 7.37. The Labute approximate surface area is 268 Å². The zero-order chi connectivity index (χ0) is 31.2. The fourth-order valence-electron chi connectivity index (χ4n) is 8.14. The molecule has 2 aliphatic carbocycles. The zero-order valence-corrected chi connectivity index (χ0v) is 25.7. The van der Waals surface area contributed by atoms with Crippen molar-refractivity contribution in [1.29, 1.82) is 0 Å². The number of thioether (sulfide) groups is 1. The molecule has 12 heteroatoms. The molecule has 2 aliphatic heterocycles. The number of anilines is 1. The summed E-state index contributed by atoms with van der Waals surface area (Å²) in [6, 6.07) is 19.8. The molecule has 1 saturated heterocycles. The highest BCUT2D eigenvalue weighted by atomic mass is 35.5. The Bertz CT molecular complexity index is 1910. The maximum absolute atomic E-state index is 14.0. The first-order valence-corrected chi connectivity index (χ1v) is 16.6. The van der Waals surface area contributed by atoms with Crippen LogP contribution in [-0.2, 0) is 22.4 Å². The molecule has 0 spiro atoms. The van der Waals surface area contributed by atoms with Gasteiger partial charge < -0.3 is 9.72 Å². The maximum atomic E-state index is 14.0. The summed E-state index contributed by atoms with van der Waals surface area (Å²) in [7, 11) is 0. The minimum Gasteiger partial charge on any atom is -0.489 e. The van der Waals surface area contributed by atoms with E-state index in [1.165, 1.54) is 30.0 Å². The number of H-pyrrole nitrogens is 1. The third-order valence-corrected chi connectivity index (χ3v) is 12.5. The lowest BCUT2D eigenvalue weighted by atomic mass is 9.68. The summed E-state index contributed by atoms with van der Waals surface area (Å²) in [5.74, 6) is -3.12. The van der Waals surface area contributed by atoms with Crippen LogP contribution in [0.15, 0.2) is 82.6 Å². The average Bonchev–Trinajstić information content (AvgIpc) is 3.75. The topological polar surface area (TPSA) is 79.5 Å². The molecule has 4 aromatic rings. The zero-order valence-electron chi connectivity index (χ0n) is 23.3. The van der Waals surface area contributed by atoms with Crippen molar-refractivity contribution in [3.8, 4) is 5.75 Å². The van der Waals surface area contributed by atoms with E-state index in [1.54, 1.807) is 6.07 Å². The van der Waals surface area contributed by atoms with Gasteiger partial charge in [-0.15, -0.1) is 11.8 Å². The van der Waals surface area contributed by atoms with E-state index in [0.717, 1.165) is 38.3 Å². The second kappa shape index (κ2) is 10.5. The molecule has 2 saturated carbocycles. The number of alkyl halides is 3. The Kier molecular flexibility index (Phi) is 6.74. The molecule has 0 radical (unpaired) electrons. The van der Waals surface area contributed by atoms with E-state index in [2.05, 4.69) is 4.98 Å². The maximum Gasteiger partial charge on any atom is 0.418 e. The summed E-state index contributed by atoms with van der Waals surface area (Å²) < 4.78 is 48.3. The van der Waals surface area contributed by atoms with Crippen molar-refractivity contribution in [2.75, 3.05) is 4.90 Å². The van der Waals surface area contributed by atoms with Crippen molar-refractivity contribution in [2.45, 2.75) is 35.4 Å². The van der Waals surface area contributed by atoms with Gasteiger partial charge in [0.2, 0.25) is 11.8 Å². The van der Waals surface area contributed by atoms with E-state index < -0.39 is 41.1 Å². The van der Waals surface area contributed by atoms with Crippen LogP contribution in [-0.4, -0.2) is 22.0 Å². The number of hydrogen-bond donors (Lipinski definition) is 1. The number of nitrogens with one attached hydrogen (secondary N) is 1. The number of para-hydroxylation sites is 1. The summed E-state index contributed by atoms with van der Waals surface area (Å²) in [5.41, 5.74) is 0.323. The quantitative estimate of drug-likeness (QED) is 0.225. The monoisotopic (exact) mass is 668 g/mol. The fourth-order valence-corrected chi connectivity index (χ4v) is 11.2. The lowest BCUT2D eigenvalue weighted by molar-refractivity contribution is -0.137. The van der Waals surface area contributed by atoms with Gasteiger partial charge in [-0.3, -0.25) is 14.4 Å². The molecular formula is C33H24ClF3N2O4S2. The van der Waals surface area contributed by atoms with Gasteiger partial charge in [0.05, 0.1) is 28.1 Å². The van der Waals surface area contributed by atoms with Gasteiger partial charge in [0.1, 0.15) is 12.4 Å². The molecule has 3 fully saturated rings. The number of rotatable bonds is 5. The minimum absolute atomic E-state index is 0.144. The number of benzene rings is 3. The Hall–Kier alpha value is -3.54. The largest absolute Gasteiger partial charge is 0.489 e. The second-order valence-electron chi connectivity index (χ2n) is 11.9. The summed E-state index contributed by atoms with van der Waals surface area (Å²) in [6.07, 6.45) is -4.13. The highest BCUT2D eigenvalue weighted by Gasteiger charge is 2.70. The molecule has 1 N–H and O–H groups in total. The van der Waals surface area contributed by atoms with Crippen molar-refractivity contribution in [3.63, 3.8) is 0 Å². The Morgan fingerprint density at radius 1 is 0.933 bits per heavy atom. The minimum atomic E-state index is -4.73. The molecule has 1 aromatic heterocycles. The number of halogens is 4. The summed E-state index contributed by atoms with van der Waals surface area (Å²) in [4.78, 5) is 45.0. The molecule has 7 atom stereocenters. The van der Waals surface area contributed by atoms with Gasteiger partial charge in [-0.25, -0.2) is 4.90 Å². The number of aromatic nitrogens is 1. The van der Waals surface area contributed by atoms with Gasteiger partial charge in [-0.05, 0) is 60.1 Å². The molecule has 2 bridgehead atoms. The molecule has 8 rings (SSSR count). The molecule has 6 unspecified atom stereocenters. The average molecular weight is 669 g/mol. The second-order valence-corrected chi connectivity index (χ2v) is 14.6. The third kappa shape index (κ3) is 4.49. The van der Waals surface area contributed by atoms with Crippen LogP contribution >= 0.6 is 34.7 Å². The number of fused-ring (bicyclic) bond motifs is 9. The van der Waals surface area contributed by atoms with E-state index in [1.807, 2.05) is 42.5 Å². The van der Waals surface area contributed by atoms with Gasteiger partial charge in [0.25, 0.3) is 0 Å². The van der Waals surface area contributed by atoms with Gasteiger partial charge in [0.15, 0.2) is 0 Å². The van der Waals surface area contributed by atoms with Crippen LogP contribution in [0, 0.1) is 29.6 Å². The SMILES string of the molecule is O=C1C2C3CC(C2C(=O)N1c1ccccc1C(F)(F)F)C1C3Sc2[nH]c(=O)sc2[C@@H]1c1cc(Cl)ccc1OCc1ccccc1. The van der Waals surface area contributed by atoms with Crippen molar-refractivity contribution >= 4 is 52.2 Å². The number of ether oxygens (including phenoxy) is 1. The number of carbonyl (C=O) groups is 2. The van der Waals surface area contributed by atoms with Crippen molar-refractivity contribution in [1.82, 2.24) is 4.98 Å². The van der Waals surface area contributed by atoms with Crippen molar-refractivity contribution in [3.05, 3.63) is 109 Å². The van der Waals surface area contributed by atoms with E-state index in [-0.39, 0.29) is 33.8 Å². The number of imide groups is 1. The highest BCUT2D eigenvalue weighted by molar-refractivity contribution is 8.00. The Balaban J connectivity index is 1.21. The van der Waals surface area contributed by atoms with Crippen LogP contribution in [0.4, 0.5) is 18.9 Å². The number of thiazole rings is 1. The van der Waals surface area contributed by atoms with E-state index in [9.17, 15) is 27.6 Å². The molecule has 3 aromatic carbocycles. The standard InChI is InChI=1S/C33H24ClF3N2O4S2/c34-16-10-11-22(43-14-15-6-2-1-3-7-15)17(12-16)23-24-18-13-19(27(24)44-29-28(23)45-32(42)38-29)26-25(18)30(40)39(31(26)41)21-9-5-4-8-20(21)33(35,36)37/h1-12,18-19,23-27H,13-14H2,(H,38,42)/t18?,19?,23-,24?,25?,26?,27?/m1/s1. The van der Waals surface area contributed by atoms with Gasteiger partial charge in [-0.2, -0.15) is 13.2 Å². The van der Waals surface area contributed by atoms with Crippen LogP contribution in [0.1, 0.15) is 33.9 Å². The molecule has 230 valence electrons. The van der Waals surface area contributed by atoms with Crippen molar-refractivity contribution < 1.29 is 27.5 Å². The summed E-state index contributed by atoms with van der Waals surface area (Å²) >= 11 is 9.17. The molecule has 45 heavy (non-hydrogen) atoms. The molecule has 2 amide bonds. The van der Waals surface area contributed by atoms with Crippen LogP contribution < -0.4 is 14.5 Å². The molecule has 6 nitrogen and oxygen atoms in total. The molecule has 4 aliphatic rings. The highest BCUT2D eigenvalue weighted by Crippen LogP contribution is 2.69. The first-order valence-electron chi connectivity index (χ1n) is 14.5. The smallest absolute Gasteiger partial charge is 0.418 e. The normalized spacial score (nSPS) is 28.3. The third-order valence-electron chi connectivity index (χ3n) is 9.72. The van der Waals surface area contributed by atoms with Gasteiger partial charge in [-0.1, -0.05) is 65.4 Å². The summed E-state index contributed by atoms with van der Waals surface area (Å²) in [6.45, 7) is 0.304. The van der Waals surface area contributed by atoms with Crippen LogP contribution in [0.2, 0.25) is 5.02 Å². The van der Waals surface area contributed by atoms with Crippen LogP contribution in [0.25, 0.3) is 0 Å². The number of hydrogen-bond acceptors (Lipinski definition) is 6. The first-order chi connectivity index (χ1) is 21.6.